The van der Waals surface area contributed by atoms with Crippen LogP contribution in [0, 0.1) is 11.8 Å². The molecule has 8 heteroatoms. The highest BCUT2D eigenvalue weighted by molar-refractivity contribution is 5.41. The highest BCUT2D eigenvalue weighted by atomic mass is 16.5. The molecule has 1 saturated heterocycles. The van der Waals surface area contributed by atoms with E-state index in [9.17, 15) is 5.11 Å². The average molecular weight is 437 g/mol. The van der Waals surface area contributed by atoms with Crippen molar-refractivity contribution >= 4 is 0 Å². The van der Waals surface area contributed by atoms with Gasteiger partial charge in [0.05, 0.1) is 26.4 Å². The lowest BCUT2D eigenvalue weighted by Crippen LogP contribution is -2.37. The van der Waals surface area contributed by atoms with Gasteiger partial charge in [-0.3, -0.25) is 4.90 Å². The minimum atomic E-state index is -0.645. The maximum atomic E-state index is 9.76. The quantitative estimate of drug-likeness (QED) is 0.429. The van der Waals surface area contributed by atoms with Crippen LogP contribution < -0.4 is 4.74 Å². The molecule has 3 aromatic rings. The standard InChI is InChI=1S/C24H28N4O4/c1-19(29)24-25-9-11-28(24)18-21-17-23(32-26-21)8-5-20-3-6-22(7-4-20)31-14-2-10-27-12-15-30-16-13-27/h3-4,6-7,9,11,17,19,29H,2,10,12-16,18H2,1H3. The Hall–Kier alpha value is -3.12. The number of nitrogens with zero attached hydrogens (tertiary/aromatic N) is 4. The third-order valence-corrected chi connectivity index (χ3v) is 5.19. The average Bonchev–Trinajstić information content (AvgIpc) is 3.47. The number of hydrogen-bond donors (Lipinski definition) is 1. The van der Waals surface area contributed by atoms with Crippen molar-refractivity contribution in [3.8, 4) is 17.6 Å². The number of ether oxygens (including phenoxy) is 2. The second kappa shape index (κ2) is 11.0. The molecule has 8 nitrogen and oxygen atoms in total. The van der Waals surface area contributed by atoms with Crippen molar-refractivity contribution in [2.75, 3.05) is 39.5 Å². The van der Waals surface area contributed by atoms with Crippen molar-refractivity contribution in [2.45, 2.75) is 26.0 Å². The van der Waals surface area contributed by atoms with Crippen LogP contribution in [0.5, 0.6) is 5.75 Å². The summed E-state index contributed by atoms with van der Waals surface area (Å²) in [4.78, 5) is 6.56. The van der Waals surface area contributed by atoms with Gasteiger partial charge in [-0.2, -0.15) is 0 Å². The molecule has 1 aliphatic rings. The molecule has 0 bridgehead atoms. The van der Waals surface area contributed by atoms with Gasteiger partial charge in [-0.1, -0.05) is 11.1 Å². The summed E-state index contributed by atoms with van der Waals surface area (Å²) in [6.07, 6.45) is 3.80. The summed E-state index contributed by atoms with van der Waals surface area (Å²) in [5, 5.41) is 13.8. The highest BCUT2D eigenvalue weighted by Gasteiger charge is 2.11. The number of hydrogen-bond acceptors (Lipinski definition) is 7. The van der Waals surface area contributed by atoms with E-state index in [-0.39, 0.29) is 0 Å². The summed E-state index contributed by atoms with van der Waals surface area (Å²) >= 11 is 0. The maximum absolute atomic E-state index is 9.76. The number of benzene rings is 1. The van der Waals surface area contributed by atoms with E-state index in [1.54, 1.807) is 25.4 Å². The Balaban J connectivity index is 1.25. The summed E-state index contributed by atoms with van der Waals surface area (Å²) in [5.74, 6) is 8.00. The van der Waals surface area contributed by atoms with Gasteiger partial charge < -0.3 is 23.7 Å². The fraction of sp³-hybridized carbons (Fsp3) is 0.417. The molecule has 32 heavy (non-hydrogen) atoms. The number of aliphatic hydroxyl groups is 1. The Labute approximate surface area is 187 Å². The van der Waals surface area contributed by atoms with Gasteiger partial charge in [-0.25, -0.2) is 4.98 Å². The van der Waals surface area contributed by atoms with E-state index in [2.05, 4.69) is 26.9 Å². The number of aliphatic hydroxyl groups excluding tert-OH is 1. The summed E-state index contributed by atoms with van der Waals surface area (Å²) < 4.78 is 18.3. The van der Waals surface area contributed by atoms with Crippen molar-refractivity contribution in [3.05, 3.63) is 65.6 Å². The molecular formula is C24H28N4O4. The van der Waals surface area contributed by atoms with E-state index < -0.39 is 6.10 Å². The predicted molar refractivity (Wildman–Crippen MR) is 118 cm³/mol. The number of rotatable bonds is 8. The first-order valence-corrected chi connectivity index (χ1v) is 10.9. The minimum absolute atomic E-state index is 0.461. The molecule has 1 N–H and O–H groups in total. The Morgan fingerprint density at radius 1 is 1.19 bits per heavy atom. The van der Waals surface area contributed by atoms with Gasteiger partial charge in [0.2, 0.25) is 5.76 Å². The molecule has 1 fully saturated rings. The van der Waals surface area contributed by atoms with Crippen LogP contribution in [0.4, 0.5) is 0 Å². The lowest BCUT2D eigenvalue weighted by Gasteiger charge is -2.26. The van der Waals surface area contributed by atoms with Crippen LogP contribution in [0.15, 0.2) is 47.2 Å². The number of imidazole rings is 1. The molecule has 1 atom stereocenters. The predicted octanol–water partition coefficient (Wildman–Crippen LogP) is 2.47. The molecule has 3 heterocycles. The summed E-state index contributed by atoms with van der Waals surface area (Å²) in [5.41, 5.74) is 1.59. The van der Waals surface area contributed by atoms with E-state index >= 15 is 0 Å². The second-order valence-corrected chi connectivity index (χ2v) is 7.70. The fourth-order valence-corrected chi connectivity index (χ4v) is 3.51. The van der Waals surface area contributed by atoms with E-state index in [1.807, 2.05) is 28.8 Å². The largest absolute Gasteiger partial charge is 0.494 e. The van der Waals surface area contributed by atoms with Crippen LogP contribution in [0.1, 0.15) is 42.3 Å². The van der Waals surface area contributed by atoms with Gasteiger partial charge in [-0.15, -0.1) is 0 Å². The van der Waals surface area contributed by atoms with Crippen LogP contribution in [-0.2, 0) is 11.3 Å². The first-order chi connectivity index (χ1) is 15.7. The van der Waals surface area contributed by atoms with Crippen LogP contribution in [0.3, 0.4) is 0 Å². The normalized spacial score (nSPS) is 15.2. The van der Waals surface area contributed by atoms with E-state index in [0.29, 0.717) is 24.7 Å². The number of morpholine rings is 1. The van der Waals surface area contributed by atoms with Gasteiger partial charge in [-0.05, 0) is 43.5 Å². The molecule has 1 aliphatic heterocycles. The van der Waals surface area contributed by atoms with Gasteiger partial charge in [0, 0.05) is 43.7 Å². The molecule has 2 aromatic heterocycles. The van der Waals surface area contributed by atoms with E-state index in [0.717, 1.165) is 56.3 Å². The SMILES string of the molecule is CC(O)c1nccn1Cc1cc(C#Cc2ccc(OCCCN3CCOCC3)cc2)on1. The third kappa shape index (κ3) is 6.20. The molecule has 0 aliphatic carbocycles. The number of aromatic nitrogens is 3. The highest BCUT2D eigenvalue weighted by Crippen LogP contribution is 2.14. The second-order valence-electron chi connectivity index (χ2n) is 7.70. The van der Waals surface area contributed by atoms with Gasteiger partial charge in [0.25, 0.3) is 0 Å². The lowest BCUT2D eigenvalue weighted by atomic mass is 10.2. The molecule has 0 saturated carbocycles. The lowest BCUT2D eigenvalue weighted by molar-refractivity contribution is 0.0358. The molecule has 0 amide bonds. The third-order valence-electron chi connectivity index (χ3n) is 5.19. The molecule has 1 unspecified atom stereocenters. The Morgan fingerprint density at radius 3 is 2.78 bits per heavy atom. The summed E-state index contributed by atoms with van der Waals surface area (Å²) in [6.45, 7) is 7.53. The minimum Gasteiger partial charge on any atom is -0.494 e. The van der Waals surface area contributed by atoms with E-state index in [1.165, 1.54) is 0 Å². The molecule has 0 radical (unpaired) electrons. The van der Waals surface area contributed by atoms with Crippen molar-refractivity contribution in [1.29, 1.82) is 0 Å². The van der Waals surface area contributed by atoms with Gasteiger partial charge in [0.15, 0.2) is 0 Å². The molecule has 4 rings (SSSR count). The molecule has 0 spiro atoms. The van der Waals surface area contributed by atoms with Crippen molar-refractivity contribution < 1.29 is 19.1 Å². The Morgan fingerprint density at radius 2 is 2.00 bits per heavy atom. The zero-order valence-electron chi connectivity index (χ0n) is 18.2. The van der Waals surface area contributed by atoms with Crippen molar-refractivity contribution in [1.82, 2.24) is 19.6 Å². The van der Waals surface area contributed by atoms with Crippen molar-refractivity contribution in [2.24, 2.45) is 0 Å². The smallest absolute Gasteiger partial charge is 0.210 e. The first-order valence-electron chi connectivity index (χ1n) is 10.9. The zero-order chi connectivity index (χ0) is 22.2. The van der Waals surface area contributed by atoms with Crippen LogP contribution in [-0.4, -0.2) is 64.2 Å². The van der Waals surface area contributed by atoms with Gasteiger partial charge in [0.1, 0.15) is 23.4 Å². The van der Waals surface area contributed by atoms with Crippen LogP contribution in [0.25, 0.3) is 0 Å². The topological polar surface area (TPSA) is 85.8 Å². The van der Waals surface area contributed by atoms with Crippen molar-refractivity contribution in [3.63, 3.8) is 0 Å². The zero-order valence-corrected chi connectivity index (χ0v) is 18.2. The molecule has 168 valence electrons. The Bertz CT molecular complexity index is 1040. The fourth-order valence-electron chi connectivity index (χ4n) is 3.51. The maximum Gasteiger partial charge on any atom is 0.210 e. The summed E-state index contributed by atoms with van der Waals surface area (Å²) in [6, 6.07) is 9.52. The van der Waals surface area contributed by atoms with Gasteiger partial charge >= 0.3 is 0 Å². The van der Waals surface area contributed by atoms with Crippen LogP contribution in [0.2, 0.25) is 0 Å². The summed E-state index contributed by atoms with van der Waals surface area (Å²) in [7, 11) is 0. The van der Waals surface area contributed by atoms with Crippen LogP contribution >= 0.6 is 0 Å². The monoisotopic (exact) mass is 436 g/mol. The Kier molecular flexibility index (Phi) is 7.56. The molecular weight excluding hydrogens is 408 g/mol. The first kappa shape index (κ1) is 22.1. The van der Waals surface area contributed by atoms with E-state index in [4.69, 9.17) is 14.0 Å². The molecule has 1 aromatic carbocycles.